The number of hydrogen-bond donors (Lipinski definition) is 0. The summed E-state index contributed by atoms with van der Waals surface area (Å²) in [7, 11) is 0. The number of rotatable bonds is 0. The third-order valence-electron chi connectivity index (χ3n) is 3.48. The van der Waals surface area contributed by atoms with Crippen LogP contribution in [-0.4, -0.2) is 53.1 Å². The summed E-state index contributed by atoms with van der Waals surface area (Å²) in [6.45, 7) is 9.32. The topological polar surface area (TPSA) is 49.9 Å². The fraction of sp³-hybridized carbons (Fsp3) is 0.846. The number of carbonyl (C=O) groups is 2. The van der Waals surface area contributed by atoms with E-state index in [4.69, 9.17) is 4.74 Å². The molecule has 2 unspecified atom stereocenters. The molecule has 0 radical (unpaired) electrons. The first-order chi connectivity index (χ1) is 8.26. The second kappa shape index (κ2) is 4.44. The summed E-state index contributed by atoms with van der Waals surface area (Å²) < 4.78 is 5.41. The predicted molar refractivity (Wildman–Crippen MR) is 67.1 cm³/mol. The van der Waals surface area contributed by atoms with Crippen molar-refractivity contribution in [1.29, 1.82) is 0 Å². The molecule has 2 bridgehead atoms. The van der Waals surface area contributed by atoms with Gasteiger partial charge in [-0.3, -0.25) is 4.79 Å². The average Bonchev–Trinajstić information content (AvgIpc) is 2.51. The van der Waals surface area contributed by atoms with Gasteiger partial charge in [0.05, 0.1) is 6.04 Å². The maximum absolute atomic E-state index is 12.1. The van der Waals surface area contributed by atoms with E-state index in [1.807, 2.05) is 25.7 Å². The third kappa shape index (κ3) is 2.76. The number of piperidine rings is 1. The van der Waals surface area contributed by atoms with Crippen LogP contribution in [0.3, 0.4) is 0 Å². The van der Waals surface area contributed by atoms with Crippen LogP contribution < -0.4 is 0 Å². The summed E-state index contributed by atoms with van der Waals surface area (Å²) in [6.07, 6.45) is 0.739. The summed E-state index contributed by atoms with van der Waals surface area (Å²) in [5, 5.41) is 0. The van der Waals surface area contributed by atoms with Gasteiger partial charge in [-0.25, -0.2) is 4.79 Å². The number of amides is 2. The number of nitrogens with zero attached hydrogens (tertiary/aromatic N) is 2. The molecule has 5 heteroatoms. The van der Waals surface area contributed by atoms with Gasteiger partial charge in [-0.1, -0.05) is 0 Å². The van der Waals surface area contributed by atoms with Gasteiger partial charge in [0.15, 0.2) is 0 Å². The van der Waals surface area contributed by atoms with Crippen molar-refractivity contribution in [3.8, 4) is 0 Å². The first-order valence-electron chi connectivity index (χ1n) is 6.51. The minimum atomic E-state index is -0.464. The van der Waals surface area contributed by atoms with E-state index < -0.39 is 5.60 Å². The summed E-state index contributed by atoms with van der Waals surface area (Å²) in [6, 6.07) is 0.127. The van der Waals surface area contributed by atoms with Gasteiger partial charge in [-0.15, -0.1) is 0 Å². The minimum Gasteiger partial charge on any atom is -0.444 e. The summed E-state index contributed by atoms with van der Waals surface area (Å²) >= 11 is 0. The highest BCUT2D eigenvalue weighted by Crippen LogP contribution is 2.30. The zero-order chi connectivity index (χ0) is 13.5. The van der Waals surface area contributed by atoms with Gasteiger partial charge in [0.25, 0.3) is 0 Å². The van der Waals surface area contributed by atoms with E-state index in [0.29, 0.717) is 19.0 Å². The number of likely N-dealkylation sites (tertiary alicyclic amines) is 2. The minimum absolute atomic E-state index is 0.0933. The first kappa shape index (κ1) is 13.2. The number of carbonyl (C=O) groups excluding carboxylic acids is 2. The Kier molecular flexibility index (Phi) is 3.25. The van der Waals surface area contributed by atoms with Gasteiger partial charge in [0.2, 0.25) is 5.91 Å². The predicted octanol–water partition coefficient (Wildman–Crippen LogP) is 1.47. The molecular formula is C13H22N2O3. The quantitative estimate of drug-likeness (QED) is 0.658. The van der Waals surface area contributed by atoms with Gasteiger partial charge in [-0.05, 0) is 33.1 Å². The smallest absolute Gasteiger partial charge is 0.410 e. The van der Waals surface area contributed by atoms with Crippen LogP contribution in [0.25, 0.3) is 0 Å². The molecule has 0 aromatic carbocycles. The van der Waals surface area contributed by atoms with Crippen molar-refractivity contribution < 1.29 is 14.3 Å². The van der Waals surface area contributed by atoms with E-state index in [9.17, 15) is 9.59 Å². The highest BCUT2D eigenvalue weighted by molar-refractivity contribution is 5.74. The van der Waals surface area contributed by atoms with E-state index >= 15 is 0 Å². The molecule has 102 valence electrons. The van der Waals surface area contributed by atoms with Gasteiger partial charge >= 0.3 is 6.09 Å². The average molecular weight is 254 g/mol. The van der Waals surface area contributed by atoms with E-state index in [0.717, 1.165) is 13.0 Å². The van der Waals surface area contributed by atoms with Crippen LogP contribution in [0, 0.1) is 5.92 Å². The molecule has 2 amide bonds. The zero-order valence-electron chi connectivity index (χ0n) is 11.6. The molecule has 0 N–H and O–H groups in total. The fourth-order valence-electron chi connectivity index (χ4n) is 2.76. The molecule has 0 aliphatic carbocycles. The lowest BCUT2D eigenvalue weighted by Gasteiger charge is -2.32. The summed E-state index contributed by atoms with van der Waals surface area (Å²) in [5.41, 5.74) is -0.464. The molecule has 18 heavy (non-hydrogen) atoms. The molecule has 2 rings (SSSR count). The molecular weight excluding hydrogens is 232 g/mol. The van der Waals surface area contributed by atoms with Crippen LogP contribution in [0.1, 0.15) is 34.1 Å². The Morgan fingerprint density at radius 2 is 1.83 bits per heavy atom. The van der Waals surface area contributed by atoms with E-state index in [2.05, 4.69) is 0 Å². The third-order valence-corrected chi connectivity index (χ3v) is 3.48. The van der Waals surface area contributed by atoms with Crippen LogP contribution >= 0.6 is 0 Å². The largest absolute Gasteiger partial charge is 0.444 e. The molecule has 2 fully saturated rings. The lowest BCUT2D eigenvalue weighted by molar-refractivity contribution is -0.130. The summed E-state index contributed by atoms with van der Waals surface area (Å²) in [4.78, 5) is 27.1. The molecule has 0 spiro atoms. The molecule has 5 nitrogen and oxygen atoms in total. The van der Waals surface area contributed by atoms with Crippen molar-refractivity contribution in [2.24, 2.45) is 5.92 Å². The Morgan fingerprint density at radius 3 is 2.39 bits per heavy atom. The van der Waals surface area contributed by atoms with Crippen molar-refractivity contribution in [2.45, 2.75) is 45.8 Å². The van der Waals surface area contributed by atoms with E-state index in [-0.39, 0.29) is 18.0 Å². The molecule has 2 atom stereocenters. The second-order valence-electron chi connectivity index (χ2n) is 6.31. The van der Waals surface area contributed by atoms with Crippen molar-refractivity contribution >= 4 is 12.0 Å². The summed E-state index contributed by atoms with van der Waals surface area (Å²) in [5.74, 6) is 0.496. The Labute approximate surface area is 108 Å². The maximum atomic E-state index is 12.1. The van der Waals surface area contributed by atoms with Crippen LogP contribution in [0.5, 0.6) is 0 Å². The highest BCUT2D eigenvalue weighted by atomic mass is 16.6. The SMILES string of the molecule is CC(=O)N1CC2CC(C1)N(C(=O)OC(C)(C)C)C2. The van der Waals surface area contributed by atoms with Gasteiger partial charge in [0.1, 0.15) is 5.60 Å². The lowest BCUT2D eigenvalue weighted by Crippen LogP contribution is -2.46. The van der Waals surface area contributed by atoms with E-state index in [1.165, 1.54) is 0 Å². The van der Waals surface area contributed by atoms with Crippen molar-refractivity contribution in [2.75, 3.05) is 19.6 Å². The van der Waals surface area contributed by atoms with Crippen LogP contribution in [0.4, 0.5) is 4.79 Å². The Morgan fingerprint density at radius 1 is 1.17 bits per heavy atom. The van der Waals surface area contributed by atoms with Crippen LogP contribution in [0.15, 0.2) is 0 Å². The zero-order valence-corrected chi connectivity index (χ0v) is 11.6. The molecule has 0 aromatic heterocycles. The highest BCUT2D eigenvalue weighted by Gasteiger charge is 2.42. The number of ether oxygens (including phenoxy) is 1. The first-order valence-corrected chi connectivity index (χ1v) is 6.51. The number of hydrogen-bond acceptors (Lipinski definition) is 3. The van der Waals surface area contributed by atoms with Crippen molar-refractivity contribution in [3.63, 3.8) is 0 Å². The van der Waals surface area contributed by atoms with Gasteiger partial charge in [0, 0.05) is 26.6 Å². The second-order valence-corrected chi connectivity index (χ2v) is 6.31. The fourth-order valence-corrected chi connectivity index (χ4v) is 2.76. The van der Waals surface area contributed by atoms with Crippen LogP contribution in [0.2, 0.25) is 0 Å². The normalized spacial score (nSPS) is 27.3. The van der Waals surface area contributed by atoms with Gasteiger partial charge in [-0.2, -0.15) is 0 Å². The Balaban J connectivity index is 2.01. The van der Waals surface area contributed by atoms with Crippen molar-refractivity contribution in [3.05, 3.63) is 0 Å². The number of fused-ring (bicyclic) bond motifs is 2. The Hall–Kier alpha value is -1.26. The molecule has 2 saturated heterocycles. The monoisotopic (exact) mass is 254 g/mol. The molecule has 2 aliphatic rings. The lowest BCUT2D eigenvalue weighted by atomic mass is 10.00. The van der Waals surface area contributed by atoms with E-state index in [1.54, 1.807) is 11.8 Å². The maximum Gasteiger partial charge on any atom is 0.410 e. The molecule has 2 heterocycles. The van der Waals surface area contributed by atoms with Crippen molar-refractivity contribution in [1.82, 2.24) is 9.80 Å². The standard InChI is InChI=1S/C13H22N2O3/c1-9(16)14-6-10-5-11(8-14)15(7-10)12(17)18-13(2,3)4/h10-11H,5-8H2,1-4H3. The molecule has 2 aliphatic heterocycles. The van der Waals surface area contributed by atoms with Gasteiger partial charge < -0.3 is 14.5 Å². The Bertz CT molecular complexity index is 362. The van der Waals surface area contributed by atoms with Crippen LogP contribution in [-0.2, 0) is 9.53 Å². The molecule has 0 saturated carbocycles. The molecule has 0 aromatic rings.